The Hall–Kier alpha value is -1.48. The number of aryl methyl sites for hydroxylation is 3. The molecule has 0 fully saturated rings. The van der Waals surface area contributed by atoms with Crippen molar-refractivity contribution in [2.45, 2.75) is 27.3 Å². The summed E-state index contributed by atoms with van der Waals surface area (Å²) < 4.78 is 1.83. The van der Waals surface area contributed by atoms with Crippen LogP contribution in [0.15, 0.2) is 12.1 Å². The summed E-state index contributed by atoms with van der Waals surface area (Å²) in [7, 11) is 0. The topological polar surface area (TPSA) is 42.2 Å². The SMILES string of the molecule is CCn1c(Cl)c(C(=O)O)c2cc(C)c(C)cc21. The summed E-state index contributed by atoms with van der Waals surface area (Å²) >= 11 is 6.13. The van der Waals surface area contributed by atoms with Crippen LogP contribution in [0, 0.1) is 13.8 Å². The lowest BCUT2D eigenvalue weighted by Gasteiger charge is -2.04. The van der Waals surface area contributed by atoms with E-state index in [1.807, 2.05) is 37.5 Å². The first-order chi connectivity index (χ1) is 7.97. The van der Waals surface area contributed by atoms with Gasteiger partial charge in [0, 0.05) is 11.9 Å². The molecule has 0 aliphatic heterocycles. The van der Waals surface area contributed by atoms with Gasteiger partial charge >= 0.3 is 5.97 Å². The van der Waals surface area contributed by atoms with Gasteiger partial charge in [-0.2, -0.15) is 0 Å². The lowest BCUT2D eigenvalue weighted by Crippen LogP contribution is -1.98. The molecule has 2 rings (SSSR count). The zero-order valence-corrected chi connectivity index (χ0v) is 10.8. The Kier molecular flexibility index (Phi) is 2.87. The van der Waals surface area contributed by atoms with Crippen LogP contribution in [0.5, 0.6) is 0 Å². The van der Waals surface area contributed by atoms with Crippen LogP contribution in [0.4, 0.5) is 0 Å². The smallest absolute Gasteiger partial charge is 0.339 e. The van der Waals surface area contributed by atoms with Gasteiger partial charge in [0.15, 0.2) is 0 Å². The Morgan fingerprint density at radius 1 is 1.35 bits per heavy atom. The molecule has 1 heterocycles. The first-order valence-corrected chi connectivity index (χ1v) is 5.87. The predicted molar refractivity (Wildman–Crippen MR) is 69.1 cm³/mol. The Morgan fingerprint density at radius 3 is 2.47 bits per heavy atom. The number of nitrogens with zero attached hydrogens (tertiary/aromatic N) is 1. The Bertz CT molecular complexity index is 614. The lowest BCUT2D eigenvalue weighted by molar-refractivity contribution is 0.0699. The van der Waals surface area contributed by atoms with E-state index in [4.69, 9.17) is 11.6 Å². The molecular weight excluding hydrogens is 238 g/mol. The average Bonchev–Trinajstić information content (AvgIpc) is 2.50. The summed E-state index contributed by atoms with van der Waals surface area (Å²) in [6.45, 7) is 6.59. The van der Waals surface area contributed by atoms with Crippen molar-refractivity contribution in [2.24, 2.45) is 0 Å². The van der Waals surface area contributed by atoms with Crippen LogP contribution in [-0.2, 0) is 6.54 Å². The van der Waals surface area contributed by atoms with E-state index in [0.717, 1.165) is 16.6 Å². The molecule has 0 atom stereocenters. The van der Waals surface area contributed by atoms with Crippen molar-refractivity contribution in [3.05, 3.63) is 34.0 Å². The fourth-order valence-electron chi connectivity index (χ4n) is 2.09. The molecule has 0 amide bonds. The normalized spacial score (nSPS) is 11.1. The maximum Gasteiger partial charge on any atom is 0.339 e. The minimum atomic E-state index is -0.976. The van der Waals surface area contributed by atoms with Crippen LogP contribution in [0.2, 0.25) is 5.15 Å². The fraction of sp³-hybridized carbons (Fsp3) is 0.308. The number of halogens is 1. The summed E-state index contributed by atoms with van der Waals surface area (Å²) in [5, 5.41) is 10.3. The zero-order chi connectivity index (χ0) is 12.7. The highest BCUT2D eigenvalue weighted by Gasteiger charge is 2.20. The lowest BCUT2D eigenvalue weighted by atomic mass is 10.1. The fourth-order valence-corrected chi connectivity index (χ4v) is 2.48. The largest absolute Gasteiger partial charge is 0.478 e. The second-order valence-electron chi connectivity index (χ2n) is 4.17. The van der Waals surface area contributed by atoms with E-state index in [0.29, 0.717) is 17.1 Å². The molecule has 1 N–H and O–H groups in total. The number of carboxylic acids is 1. The summed E-state index contributed by atoms with van der Waals surface area (Å²) in [5.41, 5.74) is 3.30. The Morgan fingerprint density at radius 2 is 1.94 bits per heavy atom. The number of aromatic nitrogens is 1. The molecule has 0 aliphatic rings. The first-order valence-electron chi connectivity index (χ1n) is 5.49. The maximum atomic E-state index is 11.3. The second kappa shape index (κ2) is 4.08. The van der Waals surface area contributed by atoms with E-state index in [1.54, 1.807) is 0 Å². The number of fused-ring (bicyclic) bond motifs is 1. The molecule has 3 nitrogen and oxygen atoms in total. The third-order valence-electron chi connectivity index (χ3n) is 3.15. The van der Waals surface area contributed by atoms with Crippen LogP contribution >= 0.6 is 11.6 Å². The number of aromatic carboxylic acids is 1. The van der Waals surface area contributed by atoms with Gasteiger partial charge in [-0.15, -0.1) is 0 Å². The number of hydrogen-bond donors (Lipinski definition) is 1. The summed E-state index contributed by atoms with van der Waals surface area (Å²) in [6.07, 6.45) is 0. The molecule has 0 radical (unpaired) electrons. The molecule has 2 aromatic rings. The highest BCUT2D eigenvalue weighted by atomic mass is 35.5. The summed E-state index contributed by atoms with van der Waals surface area (Å²) in [4.78, 5) is 11.3. The predicted octanol–water partition coefficient (Wildman–Crippen LogP) is 3.63. The average molecular weight is 252 g/mol. The highest BCUT2D eigenvalue weighted by Crippen LogP contribution is 2.31. The van der Waals surface area contributed by atoms with Crippen molar-refractivity contribution >= 4 is 28.5 Å². The van der Waals surface area contributed by atoms with Crippen molar-refractivity contribution in [1.29, 1.82) is 0 Å². The van der Waals surface area contributed by atoms with Gasteiger partial charge in [0.25, 0.3) is 0 Å². The van der Waals surface area contributed by atoms with Crippen molar-refractivity contribution in [3.8, 4) is 0 Å². The van der Waals surface area contributed by atoms with Crippen LogP contribution in [0.3, 0.4) is 0 Å². The van der Waals surface area contributed by atoms with Crippen LogP contribution in [-0.4, -0.2) is 15.6 Å². The van der Waals surface area contributed by atoms with Gasteiger partial charge in [-0.25, -0.2) is 4.79 Å². The molecule has 0 saturated carbocycles. The van der Waals surface area contributed by atoms with Crippen molar-refractivity contribution < 1.29 is 9.90 Å². The van der Waals surface area contributed by atoms with E-state index < -0.39 is 5.97 Å². The van der Waals surface area contributed by atoms with Gasteiger partial charge in [0.2, 0.25) is 0 Å². The van der Waals surface area contributed by atoms with Crippen molar-refractivity contribution in [2.75, 3.05) is 0 Å². The number of rotatable bonds is 2. The minimum absolute atomic E-state index is 0.201. The monoisotopic (exact) mass is 251 g/mol. The molecule has 4 heteroatoms. The van der Waals surface area contributed by atoms with Gasteiger partial charge in [-0.1, -0.05) is 11.6 Å². The molecule has 1 aromatic heterocycles. The van der Waals surface area contributed by atoms with Crippen molar-refractivity contribution in [1.82, 2.24) is 4.57 Å². The summed E-state index contributed by atoms with van der Waals surface area (Å²) in [5.74, 6) is -0.976. The number of carbonyl (C=O) groups is 1. The Balaban J connectivity index is 2.95. The number of hydrogen-bond acceptors (Lipinski definition) is 1. The van der Waals surface area contributed by atoms with Gasteiger partial charge in [0.1, 0.15) is 10.7 Å². The molecule has 0 saturated heterocycles. The minimum Gasteiger partial charge on any atom is -0.478 e. The molecule has 0 spiro atoms. The third-order valence-corrected chi connectivity index (χ3v) is 3.54. The summed E-state index contributed by atoms with van der Waals surface area (Å²) in [6, 6.07) is 3.89. The number of benzene rings is 1. The molecule has 17 heavy (non-hydrogen) atoms. The van der Waals surface area contributed by atoms with E-state index in [-0.39, 0.29) is 5.56 Å². The standard InChI is InChI=1S/C13H14ClNO2/c1-4-15-10-6-8(3)7(2)5-9(10)11(12(15)14)13(16)17/h5-6H,4H2,1-3H3,(H,16,17). The maximum absolute atomic E-state index is 11.3. The molecule has 0 aliphatic carbocycles. The van der Waals surface area contributed by atoms with Gasteiger partial charge in [-0.3, -0.25) is 0 Å². The van der Waals surface area contributed by atoms with E-state index in [1.165, 1.54) is 0 Å². The van der Waals surface area contributed by atoms with Gasteiger partial charge in [0.05, 0.1) is 5.52 Å². The molecule has 1 aromatic carbocycles. The number of carboxylic acid groups (broad SMARTS) is 1. The molecular formula is C13H14ClNO2. The van der Waals surface area contributed by atoms with Crippen molar-refractivity contribution in [3.63, 3.8) is 0 Å². The first kappa shape index (κ1) is 12.0. The van der Waals surface area contributed by atoms with Crippen LogP contribution in [0.25, 0.3) is 10.9 Å². The molecule has 90 valence electrons. The van der Waals surface area contributed by atoms with Gasteiger partial charge in [-0.05, 0) is 44.0 Å². The van der Waals surface area contributed by atoms with E-state index in [9.17, 15) is 9.90 Å². The van der Waals surface area contributed by atoms with E-state index in [2.05, 4.69) is 0 Å². The van der Waals surface area contributed by atoms with E-state index >= 15 is 0 Å². The van der Waals surface area contributed by atoms with Crippen LogP contribution in [0.1, 0.15) is 28.4 Å². The highest BCUT2D eigenvalue weighted by molar-refractivity contribution is 6.35. The zero-order valence-electron chi connectivity index (χ0n) is 10.0. The third kappa shape index (κ3) is 1.71. The quantitative estimate of drug-likeness (QED) is 0.886. The van der Waals surface area contributed by atoms with Crippen LogP contribution < -0.4 is 0 Å². The molecule has 0 bridgehead atoms. The van der Waals surface area contributed by atoms with Gasteiger partial charge < -0.3 is 9.67 Å². The Labute approximate surface area is 105 Å². The molecule has 0 unspecified atom stereocenters. The second-order valence-corrected chi connectivity index (χ2v) is 4.53.